The lowest BCUT2D eigenvalue weighted by Crippen LogP contribution is -2.26. The molecule has 0 unspecified atom stereocenters. The van der Waals surface area contributed by atoms with Crippen molar-refractivity contribution in [2.45, 2.75) is 103 Å². The minimum absolute atomic E-state index is 0.166. The monoisotopic (exact) mass is 476 g/mol. The van der Waals surface area contributed by atoms with E-state index in [4.69, 9.17) is 0 Å². The highest BCUT2D eigenvalue weighted by atomic mass is 16.6. The van der Waals surface area contributed by atoms with Gasteiger partial charge in [0.2, 0.25) is 0 Å². The van der Waals surface area contributed by atoms with Gasteiger partial charge in [-0.05, 0) is 71.6 Å². The van der Waals surface area contributed by atoms with Crippen LogP contribution in [0.2, 0.25) is 0 Å². The fraction of sp³-hybridized carbons (Fsp3) is 0.567. The number of unbranched alkanes of at least 4 members (excludes halogenated alkanes) is 2. The smallest absolute Gasteiger partial charge is 0.269 e. The van der Waals surface area contributed by atoms with Crippen LogP contribution in [0.4, 0.5) is 5.69 Å². The van der Waals surface area contributed by atoms with Gasteiger partial charge in [0.25, 0.3) is 5.69 Å². The Kier molecular flexibility index (Phi) is 8.25. The number of nitrogens with zero attached hydrogens (tertiary/aromatic N) is 2. The molecule has 0 aromatic heterocycles. The first kappa shape index (κ1) is 25.4. The normalized spacial score (nSPS) is 17.3. The molecule has 1 saturated carbocycles. The third-order valence-electron chi connectivity index (χ3n) is 8.44. The van der Waals surface area contributed by atoms with Crippen molar-refractivity contribution >= 4 is 11.4 Å². The predicted octanol–water partition coefficient (Wildman–Crippen LogP) is 8.78. The van der Waals surface area contributed by atoms with Crippen LogP contribution in [0.15, 0.2) is 41.6 Å². The highest BCUT2D eigenvalue weighted by Crippen LogP contribution is 2.55. The van der Waals surface area contributed by atoms with Gasteiger partial charge in [0, 0.05) is 17.5 Å². The van der Waals surface area contributed by atoms with E-state index in [9.17, 15) is 15.3 Å². The number of hydrogen-bond donors (Lipinski definition) is 1. The zero-order valence-electron chi connectivity index (χ0n) is 21.4. The lowest BCUT2D eigenvalue weighted by atomic mass is 9.70. The van der Waals surface area contributed by atoms with Gasteiger partial charge in [-0.3, -0.25) is 10.1 Å². The predicted molar refractivity (Wildman–Crippen MR) is 142 cm³/mol. The number of oxime groups is 1. The van der Waals surface area contributed by atoms with Crippen LogP contribution in [0.1, 0.15) is 114 Å². The van der Waals surface area contributed by atoms with E-state index in [1.54, 1.807) is 6.07 Å². The van der Waals surface area contributed by atoms with Crippen LogP contribution < -0.4 is 0 Å². The molecule has 0 spiro atoms. The molecule has 35 heavy (non-hydrogen) atoms. The highest BCUT2D eigenvalue weighted by molar-refractivity contribution is 6.01. The summed E-state index contributed by atoms with van der Waals surface area (Å²) in [4.78, 5) is 11.4. The van der Waals surface area contributed by atoms with Gasteiger partial charge in [-0.25, -0.2) is 0 Å². The van der Waals surface area contributed by atoms with E-state index in [2.05, 4.69) is 37.2 Å². The SMILES string of the molecule is CCCCC1(CCCC)c2cc(C(CCC3CCCCC3)=NO)ccc2-c2ccc([N+](=O)[O-])cc21. The number of nitro groups is 1. The lowest BCUT2D eigenvalue weighted by Gasteiger charge is -2.32. The average molecular weight is 477 g/mol. The first-order valence-corrected chi connectivity index (χ1v) is 13.7. The average Bonchev–Trinajstić information content (AvgIpc) is 3.16. The van der Waals surface area contributed by atoms with Gasteiger partial charge in [0.05, 0.1) is 10.6 Å². The van der Waals surface area contributed by atoms with Gasteiger partial charge in [-0.2, -0.15) is 0 Å². The van der Waals surface area contributed by atoms with Crippen molar-refractivity contribution in [1.29, 1.82) is 0 Å². The number of fused-ring (bicyclic) bond motifs is 3. The summed E-state index contributed by atoms with van der Waals surface area (Å²) < 4.78 is 0. The summed E-state index contributed by atoms with van der Waals surface area (Å²) in [5.41, 5.74) is 6.34. The van der Waals surface area contributed by atoms with Crippen molar-refractivity contribution in [2.24, 2.45) is 11.1 Å². The first-order chi connectivity index (χ1) is 17.0. The van der Waals surface area contributed by atoms with Gasteiger partial charge in [0.1, 0.15) is 0 Å². The van der Waals surface area contributed by atoms with Crippen LogP contribution >= 0.6 is 0 Å². The van der Waals surface area contributed by atoms with E-state index < -0.39 is 0 Å². The van der Waals surface area contributed by atoms with Gasteiger partial charge >= 0.3 is 0 Å². The highest BCUT2D eigenvalue weighted by Gasteiger charge is 2.43. The fourth-order valence-electron chi connectivity index (χ4n) is 6.47. The number of non-ortho nitro benzene ring substituents is 1. The Morgan fingerprint density at radius 1 is 1.00 bits per heavy atom. The second kappa shape index (κ2) is 11.4. The maximum absolute atomic E-state index is 11.7. The van der Waals surface area contributed by atoms with Crippen molar-refractivity contribution in [3.8, 4) is 11.1 Å². The van der Waals surface area contributed by atoms with Gasteiger partial charge in [-0.15, -0.1) is 0 Å². The van der Waals surface area contributed by atoms with Gasteiger partial charge < -0.3 is 5.21 Å². The molecule has 2 aromatic carbocycles. The van der Waals surface area contributed by atoms with Crippen LogP contribution in [0.3, 0.4) is 0 Å². The Hall–Kier alpha value is -2.69. The first-order valence-electron chi connectivity index (χ1n) is 13.7. The molecule has 1 N–H and O–H groups in total. The number of nitro benzene ring substituents is 1. The summed E-state index contributed by atoms with van der Waals surface area (Å²) >= 11 is 0. The van der Waals surface area contributed by atoms with E-state index in [0.717, 1.165) is 79.7 Å². The topological polar surface area (TPSA) is 75.7 Å². The van der Waals surface area contributed by atoms with Crippen LogP contribution in [-0.2, 0) is 5.41 Å². The molecule has 0 saturated heterocycles. The molecule has 188 valence electrons. The second-order valence-corrected chi connectivity index (χ2v) is 10.6. The molecule has 0 heterocycles. The molecule has 2 aliphatic rings. The summed E-state index contributed by atoms with van der Waals surface area (Å²) in [5.74, 6) is 0.730. The molecular formula is C30H40N2O3. The van der Waals surface area contributed by atoms with E-state index in [1.165, 1.54) is 43.2 Å². The molecule has 5 heteroatoms. The summed E-state index contributed by atoms with van der Waals surface area (Å²) in [6.07, 6.45) is 14.7. The molecule has 0 bridgehead atoms. The third-order valence-corrected chi connectivity index (χ3v) is 8.44. The number of benzene rings is 2. The zero-order valence-corrected chi connectivity index (χ0v) is 21.4. The minimum Gasteiger partial charge on any atom is -0.411 e. The Labute approximate surface area is 209 Å². The Balaban J connectivity index is 1.75. The molecule has 5 nitrogen and oxygen atoms in total. The molecule has 1 fully saturated rings. The Bertz CT molecular complexity index is 1060. The zero-order chi connectivity index (χ0) is 24.8. The van der Waals surface area contributed by atoms with E-state index in [0.29, 0.717) is 0 Å². The van der Waals surface area contributed by atoms with Crippen LogP contribution in [-0.4, -0.2) is 15.8 Å². The van der Waals surface area contributed by atoms with Crippen LogP contribution in [0, 0.1) is 16.0 Å². The second-order valence-electron chi connectivity index (χ2n) is 10.6. The summed E-state index contributed by atoms with van der Waals surface area (Å²) in [7, 11) is 0. The van der Waals surface area contributed by atoms with Gasteiger partial charge in [0.15, 0.2) is 0 Å². The molecule has 0 atom stereocenters. The third kappa shape index (κ3) is 5.14. The van der Waals surface area contributed by atoms with E-state index in [1.807, 2.05) is 12.1 Å². The molecule has 0 aliphatic heterocycles. The molecular weight excluding hydrogens is 436 g/mol. The van der Waals surface area contributed by atoms with Crippen LogP contribution in [0.5, 0.6) is 0 Å². The van der Waals surface area contributed by atoms with E-state index >= 15 is 0 Å². The van der Waals surface area contributed by atoms with Gasteiger partial charge in [-0.1, -0.05) is 88.9 Å². The minimum atomic E-state index is -0.277. The lowest BCUT2D eigenvalue weighted by molar-refractivity contribution is -0.384. The Morgan fingerprint density at radius 2 is 1.63 bits per heavy atom. The molecule has 2 aliphatic carbocycles. The Morgan fingerprint density at radius 3 is 2.23 bits per heavy atom. The maximum Gasteiger partial charge on any atom is 0.269 e. The maximum atomic E-state index is 11.7. The van der Waals surface area contributed by atoms with Crippen LogP contribution in [0.25, 0.3) is 11.1 Å². The van der Waals surface area contributed by atoms with Crippen molar-refractivity contribution in [2.75, 3.05) is 0 Å². The molecule has 0 amide bonds. The van der Waals surface area contributed by atoms with E-state index in [-0.39, 0.29) is 16.0 Å². The van der Waals surface area contributed by atoms with Crippen molar-refractivity contribution in [3.63, 3.8) is 0 Å². The fourth-order valence-corrected chi connectivity index (χ4v) is 6.47. The quantitative estimate of drug-likeness (QED) is 0.152. The molecule has 4 rings (SSSR count). The largest absolute Gasteiger partial charge is 0.411 e. The van der Waals surface area contributed by atoms with Crippen molar-refractivity contribution < 1.29 is 10.1 Å². The van der Waals surface area contributed by atoms with Crippen molar-refractivity contribution in [1.82, 2.24) is 0 Å². The molecule has 2 aromatic rings. The van der Waals surface area contributed by atoms with Crippen molar-refractivity contribution in [3.05, 3.63) is 63.2 Å². The summed E-state index contributed by atoms with van der Waals surface area (Å²) in [6.45, 7) is 4.41. The standard InChI is InChI=1S/C30H40N2O3/c1-3-5-18-30(19-6-4-2)27-20-23(29(31-33)17-12-22-10-8-7-9-11-22)13-15-25(27)26-16-14-24(32(34)35)21-28(26)30/h13-16,20-22,33H,3-12,17-19H2,1-2H3. The summed E-state index contributed by atoms with van der Waals surface area (Å²) in [5, 5.41) is 25.4. The number of rotatable bonds is 11. The summed E-state index contributed by atoms with van der Waals surface area (Å²) in [6, 6.07) is 11.9. The number of hydrogen-bond acceptors (Lipinski definition) is 4. The molecule has 0 radical (unpaired) electrons.